The Labute approximate surface area is 285 Å². The number of piperidine rings is 1. The van der Waals surface area contributed by atoms with Gasteiger partial charge in [0, 0.05) is 33.9 Å². The Morgan fingerprint density at radius 2 is 1.85 bits per heavy atom. The van der Waals surface area contributed by atoms with Crippen molar-refractivity contribution >= 4 is 77.7 Å². The fourth-order valence-electron chi connectivity index (χ4n) is 6.97. The standard InChI is InChI=1S/C35H37BrN6O2S2/c1-21-37-29(18-45-21)40-33(44)39-24-7-5-6-8-26(24)42-20-35(13-15-41(16-14-35)19-34(2,3)4)30-23(10-12-27(43)31(30)42)32-38-25-11-9-22(36)17-28(25)46-32/h5-12,17-18,43H,13-16,19-20H2,1-4H3,(H2,39,40,44). The van der Waals surface area contributed by atoms with Crippen molar-refractivity contribution in [2.75, 3.05) is 41.7 Å². The molecule has 238 valence electrons. The number of aromatic nitrogens is 2. The number of thiazole rings is 2. The second-order valence-corrected chi connectivity index (χ2v) is 16.5. The molecular formula is C35H37BrN6O2S2. The number of halogens is 1. The van der Waals surface area contributed by atoms with Gasteiger partial charge in [0.25, 0.3) is 0 Å². The van der Waals surface area contributed by atoms with Crippen molar-refractivity contribution in [2.45, 2.75) is 46.0 Å². The van der Waals surface area contributed by atoms with Crippen LogP contribution in [0.4, 0.5) is 27.7 Å². The monoisotopic (exact) mass is 716 g/mol. The number of carbonyl (C=O) groups excluding carboxylic acids is 1. The smallest absolute Gasteiger partial charge is 0.324 e. The molecule has 0 radical (unpaired) electrons. The molecule has 46 heavy (non-hydrogen) atoms. The van der Waals surface area contributed by atoms with Crippen LogP contribution in [-0.4, -0.2) is 52.2 Å². The van der Waals surface area contributed by atoms with Crippen LogP contribution in [0.2, 0.25) is 0 Å². The van der Waals surface area contributed by atoms with E-state index in [0.717, 1.165) is 79.7 Å². The van der Waals surface area contributed by atoms with E-state index in [2.05, 4.69) is 68.2 Å². The maximum absolute atomic E-state index is 13.1. The van der Waals surface area contributed by atoms with Gasteiger partial charge in [0.15, 0.2) is 0 Å². The summed E-state index contributed by atoms with van der Waals surface area (Å²) in [4.78, 5) is 27.4. The number of hydrogen-bond acceptors (Lipinski definition) is 8. The summed E-state index contributed by atoms with van der Waals surface area (Å²) < 4.78 is 2.14. The number of urea groups is 1. The first kappa shape index (κ1) is 31.1. The minimum Gasteiger partial charge on any atom is -0.506 e. The number of nitrogens with one attached hydrogen (secondary N) is 2. The van der Waals surface area contributed by atoms with Crippen LogP contribution in [0, 0.1) is 12.3 Å². The summed E-state index contributed by atoms with van der Waals surface area (Å²) in [7, 11) is 0. The number of hydrogen-bond donors (Lipinski definition) is 3. The number of nitrogens with zero attached hydrogens (tertiary/aromatic N) is 4. The van der Waals surface area contributed by atoms with Gasteiger partial charge in [-0.3, -0.25) is 5.32 Å². The molecule has 8 nitrogen and oxygen atoms in total. The van der Waals surface area contributed by atoms with Gasteiger partial charge in [0.05, 0.1) is 32.3 Å². The summed E-state index contributed by atoms with van der Waals surface area (Å²) in [6.07, 6.45) is 1.91. The van der Waals surface area contributed by atoms with Crippen LogP contribution in [0.15, 0.2) is 64.5 Å². The highest BCUT2D eigenvalue weighted by molar-refractivity contribution is 9.10. The van der Waals surface area contributed by atoms with Gasteiger partial charge in [0.1, 0.15) is 16.6 Å². The predicted octanol–water partition coefficient (Wildman–Crippen LogP) is 9.37. The van der Waals surface area contributed by atoms with Crippen LogP contribution < -0.4 is 15.5 Å². The lowest BCUT2D eigenvalue weighted by Gasteiger charge is -2.42. The predicted molar refractivity (Wildman–Crippen MR) is 194 cm³/mol. The minimum atomic E-state index is -0.360. The highest BCUT2D eigenvalue weighted by Crippen LogP contribution is 2.57. The van der Waals surface area contributed by atoms with Crippen LogP contribution in [0.3, 0.4) is 0 Å². The number of likely N-dealkylation sites (tertiary alicyclic amines) is 1. The lowest BCUT2D eigenvalue weighted by molar-refractivity contribution is 0.125. The minimum absolute atomic E-state index is 0.205. The second kappa shape index (κ2) is 11.9. The van der Waals surface area contributed by atoms with Crippen molar-refractivity contribution in [1.29, 1.82) is 0 Å². The van der Waals surface area contributed by atoms with Gasteiger partial charge in [-0.1, -0.05) is 48.8 Å². The fourth-order valence-corrected chi connectivity index (χ4v) is 9.07. The molecule has 0 unspecified atom stereocenters. The molecule has 7 rings (SSSR count). The van der Waals surface area contributed by atoms with E-state index >= 15 is 0 Å². The SMILES string of the molecule is Cc1nc(NC(=O)Nc2ccccc2N2CC3(CCN(CC(C)(C)C)CC3)c3c(-c4nc5ccc(Br)cc5s4)ccc(O)c32)cs1. The first-order chi connectivity index (χ1) is 22.0. The van der Waals surface area contributed by atoms with Crippen LogP contribution in [-0.2, 0) is 5.41 Å². The summed E-state index contributed by atoms with van der Waals surface area (Å²) in [6, 6.07) is 17.5. The number of rotatable bonds is 5. The van der Waals surface area contributed by atoms with Crippen LogP contribution >= 0.6 is 38.6 Å². The Balaban J connectivity index is 1.31. The Morgan fingerprint density at radius 3 is 2.59 bits per heavy atom. The zero-order chi connectivity index (χ0) is 32.2. The van der Waals surface area contributed by atoms with Gasteiger partial charge >= 0.3 is 6.03 Å². The molecule has 4 heterocycles. The number of phenolic OH excluding ortho intramolecular Hbond substituents is 1. The normalized spacial score (nSPS) is 16.2. The molecule has 1 spiro atoms. The Morgan fingerprint density at radius 1 is 1.07 bits per heavy atom. The average Bonchev–Trinajstić information content (AvgIpc) is 3.70. The molecule has 0 aliphatic carbocycles. The van der Waals surface area contributed by atoms with Crippen LogP contribution in [0.25, 0.3) is 20.8 Å². The molecule has 2 aromatic heterocycles. The summed E-state index contributed by atoms with van der Waals surface area (Å²) in [6.45, 7) is 12.5. The van der Waals surface area contributed by atoms with E-state index in [0.29, 0.717) is 18.1 Å². The van der Waals surface area contributed by atoms with Crippen molar-refractivity contribution in [3.05, 3.63) is 75.0 Å². The molecule has 1 fully saturated rings. The maximum Gasteiger partial charge on any atom is 0.324 e. The van der Waals surface area contributed by atoms with Crippen LogP contribution in [0.5, 0.6) is 5.75 Å². The number of aromatic hydroxyl groups is 1. The van der Waals surface area contributed by atoms with Gasteiger partial charge in [-0.25, -0.2) is 14.8 Å². The Hall–Kier alpha value is -3.51. The number of para-hydroxylation sites is 2. The maximum atomic E-state index is 13.1. The number of phenols is 1. The summed E-state index contributed by atoms with van der Waals surface area (Å²) in [5.74, 6) is 0.754. The van der Waals surface area contributed by atoms with E-state index in [1.165, 1.54) is 11.3 Å². The number of aryl methyl sites for hydroxylation is 1. The van der Waals surface area contributed by atoms with E-state index in [9.17, 15) is 9.90 Å². The van der Waals surface area contributed by atoms with Crippen molar-refractivity contribution in [2.24, 2.45) is 5.41 Å². The van der Waals surface area contributed by atoms with Gasteiger partial charge in [-0.15, -0.1) is 22.7 Å². The van der Waals surface area contributed by atoms with Gasteiger partial charge in [-0.2, -0.15) is 0 Å². The zero-order valence-corrected chi connectivity index (χ0v) is 29.6. The molecule has 3 aromatic carbocycles. The lowest BCUT2D eigenvalue weighted by atomic mass is 9.72. The van der Waals surface area contributed by atoms with Gasteiger partial charge in [-0.05, 0) is 86.3 Å². The van der Waals surface area contributed by atoms with E-state index < -0.39 is 0 Å². The molecule has 11 heteroatoms. The Bertz CT molecular complexity index is 1940. The molecule has 5 aromatic rings. The largest absolute Gasteiger partial charge is 0.506 e. The first-order valence-electron chi connectivity index (χ1n) is 15.5. The van der Waals surface area contributed by atoms with Crippen molar-refractivity contribution in [3.63, 3.8) is 0 Å². The molecule has 2 aliphatic rings. The third kappa shape index (κ3) is 6.01. The molecule has 1 saturated heterocycles. The topological polar surface area (TPSA) is 93.6 Å². The highest BCUT2D eigenvalue weighted by Gasteiger charge is 2.48. The van der Waals surface area contributed by atoms with E-state index in [-0.39, 0.29) is 22.6 Å². The molecule has 0 atom stereocenters. The number of benzene rings is 3. The second-order valence-electron chi connectivity index (χ2n) is 13.5. The van der Waals surface area contributed by atoms with Crippen molar-refractivity contribution in [3.8, 4) is 16.3 Å². The van der Waals surface area contributed by atoms with Gasteiger partial charge in [0.2, 0.25) is 0 Å². The van der Waals surface area contributed by atoms with E-state index in [1.807, 2.05) is 54.8 Å². The first-order valence-corrected chi connectivity index (χ1v) is 18.0. The fraction of sp³-hybridized carbons (Fsp3) is 0.343. The third-order valence-corrected chi connectivity index (χ3v) is 11.1. The number of anilines is 4. The summed E-state index contributed by atoms with van der Waals surface area (Å²) in [5.41, 5.74) is 5.49. The summed E-state index contributed by atoms with van der Waals surface area (Å²) >= 11 is 6.78. The molecule has 2 amide bonds. The third-order valence-electron chi connectivity index (χ3n) is 8.81. The molecule has 0 bridgehead atoms. The van der Waals surface area contributed by atoms with Crippen molar-refractivity contribution in [1.82, 2.24) is 14.9 Å². The summed E-state index contributed by atoms with van der Waals surface area (Å²) in [5, 5.41) is 21.2. The molecule has 0 saturated carbocycles. The average molecular weight is 718 g/mol. The van der Waals surface area contributed by atoms with E-state index in [1.54, 1.807) is 17.4 Å². The van der Waals surface area contributed by atoms with Crippen molar-refractivity contribution < 1.29 is 9.90 Å². The number of amides is 2. The number of fused-ring (bicyclic) bond motifs is 3. The number of carbonyl (C=O) groups is 1. The van der Waals surface area contributed by atoms with E-state index in [4.69, 9.17) is 4.98 Å². The lowest BCUT2D eigenvalue weighted by Crippen LogP contribution is -2.47. The Kier molecular flexibility index (Phi) is 8.07. The molecule has 2 aliphatic heterocycles. The molecule has 3 N–H and O–H groups in total. The highest BCUT2D eigenvalue weighted by atomic mass is 79.9. The van der Waals surface area contributed by atoms with Gasteiger partial charge < -0.3 is 20.2 Å². The molecular weight excluding hydrogens is 680 g/mol. The van der Waals surface area contributed by atoms with Crippen LogP contribution in [0.1, 0.15) is 44.2 Å². The quantitative estimate of drug-likeness (QED) is 0.168. The zero-order valence-electron chi connectivity index (χ0n) is 26.4.